The summed E-state index contributed by atoms with van der Waals surface area (Å²) in [5.41, 5.74) is 5.29. The van der Waals surface area contributed by atoms with E-state index in [2.05, 4.69) is 60.7 Å². The average molecular weight is 333 g/mol. The van der Waals surface area contributed by atoms with Crippen molar-refractivity contribution in [2.45, 2.75) is 25.7 Å². The van der Waals surface area contributed by atoms with Crippen LogP contribution < -0.4 is 0 Å². The maximum atomic E-state index is 5.75. The molecule has 0 fully saturated rings. The molecule has 2 rings (SSSR count). The van der Waals surface area contributed by atoms with E-state index < -0.39 is 0 Å². The van der Waals surface area contributed by atoms with Gasteiger partial charge >= 0.3 is 0 Å². The first-order valence-corrected chi connectivity index (χ1v) is 8.81. The second-order valence-corrected chi connectivity index (χ2v) is 6.15. The third-order valence-corrected chi connectivity index (χ3v) is 4.06. The number of alkyl halides is 2. The summed E-state index contributed by atoms with van der Waals surface area (Å²) in [4.78, 5) is 0. The second-order valence-electron chi connectivity index (χ2n) is 5.39. The minimum atomic E-state index is 0.683. The van der Waals surface area contributed by atoms with Crippen LogP contribution >= 0.6 is 23.2 Å². The summed E-state index contributed by atoms with van der Waals surface area (Å²) in [6, 6.07) is 17.4. The maximum absolute atomic E-state index is 5.75. The van der Waals surface area contributed by atoms with Gasteiger partial charge in [0.1, 0.15) is 0 Å². The lowest BCUT2D eigenvalue weighted by molar-refractivity contribution is 1.13. The lowest BCUT2D eigenvalue weighted by Crippen LogP contribution is -1.88. The Morgan fingerprint density at radius 2 is 0.864 bits per heavy atom. The van der Waals surface area contributed by atoms with Crippen molar-refractivity contribution in [2.24, 2.45) is 0 Å². The van der Waals surface area contributed by atoms with Gasteiger partial charge in [0.2, 0.25) is 0 Å². The number of halogens is 2. The van der Waals surface area contributed by atoms with Crippen molar-refractivity contribution in [3.8, 4) is 0 Å². The van der Waals surface area contributed by atoms with E-state index in [4.69, 9.17) is 23.2 Å². The predicted molar refractivity (Wildman–Crippen MR) is 98.3 cm³/mol. The van der Waals surface area contributed by atoms with Crippen molar-refractivity contribution >= 4 is 23.2 Å². The Morgan fingerprint density at radius 1 is 0.545 bits per heavy atom. The summed E-state index contributed by atoms with van der Waals surface area (Å²) in [5, 5.41) is 0. The molecule has 0 N–H and O–H groups in total. The van der Waals surface area contributed by atoms with Crippen molar-refractivity contribution in [1.82, 2.24) is 0 Å². The monoisotopic (exact) mass is 332 g/mol. The van der Waals surface area contributed by atoms with Crippen molar-refractivity contribution in [2.75, 3.05) is 11.8 Å². The molecule has 0 aliphatic heterocycles. The predicted octanol–water partition coefficient (Wildman–Crippen LogP) is 5.59. The highest BCUT2D eigenvalue weighted by Gasteiger charge is 1.94. The van der Waals surface area contributed by atoms with Crippen LogP contribution in [-0.4, -0.2) is 11.8 Å². The molecule has 0 aliphatic rings. The van der Waals surface area contributed by atoms with Crippen LogP contribution in [0, 0.1) is 0 Å². The van der Waals surface area contributed by atoms with Gasteiger partial charge in [-0.25, -0.2) is 0 Å². The molecule has 0 saturated carbocycles. The summed E-state index contributed by atoms with van der Waals surface area (Å²) in [7, 11) is 0. The zero-order chi connectivity index (χ0) is 15.6. The van der Waals surface area contributed by atoms with E-state index in [1.165, 1.54) is 22.3 Å². The van der Waals surface area contributed by atoms with E-state index in [1.807, 2.05) is 0 Å². The fourth-order valence-corrected chi connectivity index (χ4v) is 2.78. The number of hydrogen-bond acceptors (Lipinski definition) is 0. The van der Waals surface area contributed by atoms with Crippen LogP contribution in [0.4, 0.5) is 0 Å². The average Bonchev–Trinajstić information content (AvgIpc) is 2.55. The van der Waals surface area contributed by atoms with E-state index in [0.29, 0.717) is 11.8 Å². The lowest BCUT2D eigenvalue weighted by atomic mass is 10.1. The first-order valence-electron chi connectivity index (χ1n) is 7.74. The van der Waals surface area contributed by atoms with Crippen molar-refractivity contribution in [3.63, 3.8) is 0 Å². The summed E-state index contributed by atoms with van der Waals surface area (Å²) in [6.07, 6.45) is 8.32. The molecule has 0 saturated heterocycles. The molecule has 0 unspecified atom stereocenters. The van der Waals surface area contributed by atoms with Gasteiger partial charge in [0.25, 0.3) is 0 Å². The summed E-state index contributed by atoms with van der Waals surface area (Å²) >= 11 is 11.5. The van der Waals surface area contributed by atoms with Gasteiger partial charge in [0.05, 0.1) is 0 Å². The molecular weight excluding hydrogens is 311 g/mol. The largest absolute Gasteiger partial charge is 0.126 e. The van der Waals surface area contributed by atoms with E-state index in [9.17, 15) is 0 Å². The minimum absolute atomic E-state index is 0.683. The first kappa shape index (κ1) is 17.1. The van der Waals surface area contributed by atoms with Gasteiger partial charge in [-0.1, -0.05) is 60.7 Å². The summed E-state index contributed by atoms with van der Waals surface area (Å²) in [5.74, 6) is 1.37. The molecule has 116 valence electrons. The van der Waals surface area contributed by atoms with Gasteiger partial charge in [-0.15, -0.1) is 23.2 Å². The Balaban J connectivity index is 1.79. The molecule has 0 atom stereocenters. The topological polar surface area (TPSA) is 0 Å². The highest BCUT2D eigenvalue weighted by Crippen LogP contribution is 2.09. The van der Waals surface area contributed by atoms with Crippen molar-refractivity contribution < 1.29 is 0 Å². The Morgan fingerprint density at radius 3 is 1.18 bits per heavy atom. The minimum Gasteiger partial charge on any atom is -0.126 e. The zero-order valence-electron chi connectivity index (χ0n) is 12.8. The Kier molecular flexibility index (Phi) is 7.56. The third kappa shape index (κ3) is 5.87. The normalized spacial score (nSPS) is 11.2. The third-order valence-electron chi connectivity index (χ3n) is 3.69. The van der Waals surface area contributed by atoms with Crippen LogP contribution in [-0.2, 0) is 25.7 Å². The molecule has 2 aromatic carbocycles. The summed E-state index contributed by atoms with van der Waals surface area (Å²) in [6.45, 7) is 0. The molecule has 2 aromatic rings. The molecule has 0 heterocycles. The van der Waals surface area contributed by atoms with Gasteiger partial charge in [-0.2, -0.15) is 0 Å². The number of allylic oxidation sites excluding steroid dienone is 2. The van der Waals surface area contributed by atoms with Crippen molar-refractivity contribution in [3.05, 3.63) is 82.9 Å². The van der Waals surface area contributed by atoms with E-state index in [1.54, 1.807) is 0 Å². The molecule has 0 aromatic heterocycles. The van der Waals surface area contributed by atoms with E-state index >= 15 is 0 Å². The number of rotatable bonds is 8. The van der Waals surface area contributed by atoms with Crippen LogP contribution in [0.2, 0.25) is 0 Å². The second kappa shape index (κ2) is 9.71. The van der Waals surface area contributed by atoms with E-state index in [0.717, 1.165) is 25.7 Å². The zero-order valence-corrected chi connectivity index (χ0v) is 14.3. The molecule has 0 nitrogen and oxygen atoms in total. The van der Waals surface area contributed by atoms with Crippen molar-refractivity contribution in [1.29, 1.82) is 0 Å². The lowest BCUT2D eigenvalue weighted by Gasteiger charge is -2.01. The Hall–Kier alpha value is -1.24. The van der Waals surface area contributed by atoms with Gasteiger partial charge in [-0.05, 0) is 47.9 Å². The molecule has 0 bridgehead atoms. The van der Waals surface area contributed by atoms with Gasteiger partial charge in [0, 0.05) is 11.8 Å². The van der Waals surface area contributed by atoms with Crippen LogP contribution in [0.15, 0.2) is 60.7 Å². The van der Waals surface area contributed by atoms with E-state index in [-0.39, 0.29) is 0 Å². The van der Waals surface area contributed by atoms with Crippen LogP contribution in [0.1, 0.15) is 22.3 Å². The highest BCUT2D eigenvalue weighted by molar-refractivity contribution is 6.18. The van der Waals surface area contributed by atoms with Crippen LogP contribution in [0.3, 0.4) is 0 Å². The molecule has 2 heteroatoms. The smallest absolute Gasteiger partial charge is 0.0263 e. The SMILES string of the molecule is ClCCc1ccc(CC=CCc2ccc(CCCl)cc2)cc1. The van der Waals surface area contributed by atoms with Crippen LogP contribution in [0.25, 0.3) is 0 Å². The maximum Gasteiger partial charge on any atom is 0.0263 e. The molecule has 0 spiro atoms. The number of hydrogen-bond donors (Lipinski definition) is 0. The number of aryl methyl sites for hydroxylation is 2. The highest BCUT2D eigenvalue weighted by atomic mass is 35.5. The fraction of sp³-hybridized carbons (Fsp3) is 0.300. The number of benzene rings is 2. The molecule has 22 heavy (non-hydrogen) atoms. The van der Waals surface area contributed by atoms with Crippen LogP contribution in [0.5, 0.6) is 0 Å². The molecule has 0 amide bonds. The van der Waals surface area contributed by atoms with Gasteiger partial charge < -0.3 is 0 Å². The molecule has 0 radical (unpaired) electrons. The first-order chi connectivity index (χ1) is 10.8. The fourth-order valence-electron chi connectivity index (χ4n) is 2.34. The van der Waals surface area contributed by atoms with Gasteiger partial charge in [0.15, 0.2) is 0 Å². The Labute approximate surface area is 143 Å². The molecule has 0 aliphatic carbocycles. The molecular formula is C20H22Cl2. The quantitative estimate of drug-likeness (QED) is 0.436. The standard InChI is InChI=1S/C20H22Cl2/c21-15-13-19-9-5-17(6-10-19)3-1-2-4-18-7-11-20(12-8-18)14-16-22/h1-2,5-12H,3-4,13-16H2. The van der Waals surface area contributed by atoms with Gasteiger partial charge in [-0.3, -0.25) is 0 Å². The Bertz CT molecular complexity index is 514. The summed E-state index contributed by atoms with van der Waals surface area (Å²) < 4.78 is 0.